The molecule has 3 aromatic rings. The van der Waals surface area contributed by atoms with Gasteiger partial charge in [-0.05, 0) is 47.9 Å². The molecule has 0 unspecified atom stereocenters. The van der Waals surface area contributed by atoms with Gasteiger partial charge in [-0.2, -0.15) is 5.10 Å². The van der Waals surface area contributed by atoms with E-state index in [1.54, 1.807) is 20.4 Å². The fourth-order valence-corrected chi connectivity index (χ4v) is 2.70. The molecule has 0 radical (unpaired) electrons. The highest BCUT2D eigenvalue weighted by molar-refractivity contribution is 5.80. The zero-order valence-corrected chi connectivity index (χ0v) is 17.0. The van der Waals surface area contributed by atoms with Crippen molar-refractivity contribution in [2.24, 2.45) is 5.10 Å². The highest BCUT2D eigenvalue weighted by Gasteiger charge is 2.08. The normalized spacial score (nSPS) is 10.7. The van der Waals surface area contributed by atoms with E-state index in [9.17, 15) is 0 Å². The number of ether oxygens (including phenoxy) is 4. The molecule has 8 nitrogen and oxygen atoms in total. The van der Waals surface area contributed by atoms with Crippen molar-refractivity contribution >= 4 is 6.21 Å². The first-order valence-corrected chi connectivity index (χ1v) is 9.34. The van der Waals surface area contributed by atoms with Gasteiger partial charge in [-0.3, -0.25) is 0 Å². The first kappa shape index (κ1) is 20.9. The molecular weight excluding hydrogens is 384 g/mol. The molecule has 0 aliphatic carbocycles. The lowest BCUT2D eigenvalue weighted by Gasteiger charge is -2.14. The molecule has 8 heteroatoms. The zero-order chi connectivity index (χ0) is 21.2. The van der Waals surface area contributed by atoms with E-state index >= 15 is 0 Å². The van der Waals surface area contributed by atoms with E-state index in [1.165, 1.54) is 17.3 Å². The molecule has 0 fully saturated rings. The van der Waals surface area contributed by atoms with Crippen molar-refractivity contribution < 1.29 is 18.9 Å². The summed E-state index contributed by atoms with van der Waals surface area (Å²) >= 11 is 0. The maximum absolute atomic E-state index is 5.82. The minimum Gasteiger partial charge on any atom is -0.493 e. The highest BCUT2D eigenvalue weighted by Crippen LogP contribution is 2.29. The number of rotatable bonds is 11. The van der Waals surface area contributed by atoms with Crippen LogP contribution in [-0.2, 0) is 6.42 Å². The topological polar surface area (TPSA) is 80.0 Å². The second-order valence-corrected chi connectivity index (χ2v) is 6.17. The third-order valence-corrected chi connectivity index (χ3v) is 4.14. The molecule has 2 aromatic carbocycles. The van der Waals surface area contributed by atoms with Gasteiger partial charge in [0.05, 0.1) is 20.4 Å². The van der Waals surface area contributed by atoms with Crippen LogP contribution < -0.4 is 18.9 Å². The van der Waals surface area contributed by atoms with Gasteiger partial charge < -0.3 is 18.9 Å². The van der Waals surface area contributed by atoms with Gasteiger partial charge in [0.15, 0.2) is 23.0 Å². The van der Waals surface area contributed by atoms with Crippen molar-refractivity contribution in [1.82, 2.24) is 14.9 Å². The third kappa shape index (κ3) is 5.60. The minimum atomic E-state index is 0.349. The number of methoxy groups -OCH3 is 2. The molecule has 1 heterocycles. The third-order valence-electron chi connectivity index (χ3n) is 4.14. The van der Waals surface area contributed by atoms with Crippen LogP contribution in [0.5, 0.6) is 23.0 Å². The summed E-state index contributed by atoms with van der Waals surface area (Å²) in [6.07, 6.45) is 7.32. The van der Waals surface area contributed by atoms with Crippen LogP contribution in [0.3, 0.4) is 0 Å². The molecule has 1 aromatic heterocycles. The van der Waals surface area contributed by atoms with E-state index in [0.29, 0.717) is 36.2 Å². The largest absolute Gasteiger partial charge is 0.493 e. The summed E-state index contributed by atoms with van der Waals surface area (Å²) in [4.78, 5) is 0. The summed E-state index contributed by atoms with van der Waals surface area (Å²) in [6, 6.07) is 11.4. The Hall–Kier alpha value is -3.81. The highest BCUT2D eigenvalue weighted by atomic mass is 16.5. The summed E-state index contributed by atoms with van der Waals surface area (Å²) < 4.78 is 24.0. The molecule has 0 saturated heterocycles. The van der Waals surface area contributed by atoms with Crippen molar-refractivity contribution in [3.63, 3.8) is 0 Å². The molecule has 0 saturated carbocycles. The summed E-state index contributed by atoms with van der Waals surface area (Å²) in [7, 11) is 3.21. The van der Waals surface area contributed by atoms with Gasteiger partial charge in [-0.15, -0.1) is 16.8 Å². The number of nitrogens with zero attached hydrogens (tertiary/aromatic N) is 4. The van der Waals surface area contributed by atoms with Gasteiger partial charge in [0.1, 0.15) is 25.9 Å². The van der Waals surface area contributed by atoms with Gasteiger partial charge in [-0.1, -0.05) is 12.1 Å². The Labute approximate surface area is 175 Å². The van der Waals surface area contributed by atoms with E-state index in [-0.39, 0.29) is 0 Å². The maximum Gasteiger partial charge on any atom is 0.161 e. The van der Waals surface area contributed by atoms with Crippen molar-refractivity contribution in [2.75, 3.05) is 27.4 Å². The Bertz CT molecular complexity index is 987. The summed E-state index contributed by atoms with van der Waals surface area (Å²) in [5, 5.41) is 11.6. The SMILES string of the molecule is C=CCc1ccc(OCCOc2ccc(/C=N\n3cnnc3)cc2OC)c(OC)c1. The second-order valence-electron chi connectivity index (χ2n) is 6.17. The summed E-state index contributed by atoms with van der Waals surface area (Å²) in [6.45, 7) is 4.46. The van der Waals surface area contributed by atoms with Crippen LogP contribution in [0, 0.1) is 0 Å². The average molecular weight is 408 g/mol. The Morgan fingerprint density at radius 3 is 2.17 bits per heavy atom. The predicted octanol–water partition coefficient (Wildman–Crippen LogP) is 3.36. The van der Waals surface area contributed by atoms with Crippen LogP contribution >= 0.6 is 0 Å². The standard InChI is InChI=1S/C22H24N4O4/c1-4-5-17-6-8-19(21(12-17)27-2)29-10-11-30-20-9-7-18(13-22(20)28-3)14-25-26-15-23-24-16-26/h4,6-9,12-16H,1,5,10-11H2,2-3H3/b25-14-. The number of aromatic nitrogens is 3. The Kier molecular flexibility index (Phi) is 7.43. The van der Waals surface area contributed by atoms with Crippen molar-refractivity contribution in [1.29, 1.82) is 0 Å². The predicted molar refractivity (Wildman–Crippen MR) is 114 cm³/mol. The lowest BCUT2D eigenvalue weighted by molar-refractivity contribution is 0.206. The zero-order valence-electron chi connectivity index (χ0n) is 17.0. The van der Waals surface area contributed by atoms with Crippen LogP contribution in [0.1, 0.15) is 11.1 Å². The lowest BCUT2D eigenvalue weighted by Crippen LogP contribution is -2.10. The molecule has 30 heavy (non-hydrogen) atoms. The molecular formula is C22H24N4O4. The quantitative estimate of drug-likeness (QED) is 0.275. The molecule has 0 bridgehead atoms. The first-order chi connectivity index (χ1) is 14.7. The smallest absolute Gasteiger partial charge is 0.161 e. The maximum atomic E-state index is 5.82. The molecule has 3 rings (SSSR count). The lowest BCUT2D eigenvalue weighted by atomic mass is 10.1. The molecule has 0 spiro atoms. The van der Waals surface area contributed by atoms with Crippen LogP contribution in [0.15, 0.2) is 66.8 Å². The van der Waals surface area contributed by atoms with Gasteiger partial charge in [0.25, 0.3) is 0 Å². The number of benzene rings is 2. The number of hydrogen-bond donors (Lipinski definition) is 0. The van der Waals surface area contributed by atoms with Gasteiger partial charge in [-0.25, -0.2) is 4.68 Å². The Morgan fingerprint density at radius 2 is 1.53 bits per heavy atom. The van der Waals surface area contributed by atoms with E-state index in [0.717, 1.165) is 17.5 Å². The average Bonchev–Trinajstić information content (AvgIpc) is 3.30. The fraction of sp³-hybridized carbons (Fsp3) is 0.227. The van der Waals surface area contributed by atoms with Crippen LogP contribution in [0.2, 0.25) is 0 Å². The van der Waals surface area contributed by atoms with E-state index < -0.39 is 0 Å². The van der Waals surface area contributed by atoms with E-state index in [2.05, 4.69) is 21.9 Å². The Morgan fingerprint density at radius 1 is 0.900 bits per heavy atom. The van der Waals surface area contributed by atoms with Gasteiger partial charge in [0, 0.05) is 0 Å². The van der Waals surface area contributed by atoms with Crippen molar-refractivity contribution in [3.8, 4) is 23.0 Å². The van der Waals surface area contributed by atoms with E-state index in [4.69, 9.17) is 18.9 Å². The second kappa shape index (κ2) is 10.7. The fourth-order valence-electron chi connectivity index (χ4n) is 2.70. The molecule has 0 aliphatic heterocycles. The van der Waals surface area contributed by atoms with Crippen LogP contribution in [0.4, 0.5) is 0 Å². The molecule has 156 valence electrons. The summed E-state index contributed by atoms with van der Waals surface area (Å²) in [5.74, 6) is 2.58. The monoisotopic (exact) mass is 408 g/mol. The minimum absolute atomic E-state index is 0.349. The van der Waals surface area contributed by atoms with Crippen LogP contribution in [-0.4, -0.2) is 48.5 Å². The van der Waals surface area contributed by atoms with Crippen LogP contribution in [0.25, 0.3) is 0 Å². The molecule has 0 N–H and O–H groups in total. The van der Waals surface area contributed by atoms with Gasteiger partial charge in [0.2, 0.25) is 0 Å². The number of allylic oxidation sites excluding steroid dienone is 1. The molecule has 0 amide bonds. The Balaban J connectivity index is 1.56. The summed E-state index contributed by atoms with van der Waals surface area (Å²) in [5.41, 5.74) is 1.97. The first-order valence-electron chi connectivity index (χ1n) is 9.34. The molecule has 0 aliphatic rings. The number of hydrogen-bond acceptors (Lipinski definition) is 7. The van der Waals surface area contributed by atoms with E-state index in [1.807, 2.05) is 42.5 Å². The van der Waals surface area contributed by atoms with Crippen molar-refractivity contribution in [2.45, 2.75) is 6.42 Å². The van der Waals surface area contributed by atoms with Crippen molar-refractivity contribution in [3.05, 3.63) is 72.8 Å². The molecule has 0 atom stereocenters. The van der Waals surface area contributed by atoms with Gasteiger partial charge >= 0.3 is 0 Å².